The van der Waals surface area contributed by atoms with E-state index in [-0.39, 0.29) is 12.1 Å². The van der Waals surface area contributed by atoms with Crippen LogP contribution in [0, 0.1) is 5.92 Å². The molecule has 6 nitrogen and oxygen atoms in total. The van der Waals surface area contributed by atoms with Crippen molar-refractivity contribution < 1.29 is 18.3 Å². The van der Waals surface area contributed by atoms with Crippen molar-refractivity contribution in [1.82, 2.24) is 19.9 Å². The molecule has 0 amide bonds. The lowest BCUT2D eigenvalue weighted by Gasteiger charge is -2.37. The van der Waals surface area contributed by atoms with Crippen LogP contribution in [0.4, 0.5) is 19.0 Å². The quantitative estimate of drug-likeness (QED) is 0.611. The van der Waals surface area contributed by atoms with Crippen LogP contribution in [0.2, 0.25) is 0 Å². The van der Waals surface area contributed by atoms with Crippen LogP contribution in [0.1, 0.15) is 30.3 Å². The highest BCUT2D eigenvalue weighted by Gasteiger charge is 2.48. The number of alkyl halides is 3. The first-order valence-corrected chi connectivity index (χ1v) is 10.9. The smallest absolute Gasteiger partial charge is 0.372 e. The second-order valence-corrected chi connectivity index (χ2v) is 8.82. The number of thiazole rings is 1. The van der Waals surface area contributed by atoms with Crippen LogP contribution in [0.3, 0.4) is 0 Å². The SMILES string of the molecule is OC(c1ncccc1-c1nccs1)N1CC2CC(Nc3ccc(C(F)(F)F)cn3)C1C2. The number of halogens is 3. The number of nitrogens with zero attached hydrogens (tertiary/aromatic N) is 4. The van der Waals surface area contributed by atoms with Gasteiger partial charge in [0.25, 0.3) is 0 Å². The standard InChI is InChI=1S/C21H20F3N5OS/c22-21(23,24)13-3-4-17(27-10-13)28-15-8-12-9-16(15)29(11-12)20(30)18-14(2-1-5-25-18)19-26-6-7-31-19/h1-7,10,12,15-16,20,30H,8-9,11H2,(H,27,28). The molecule has 1 saturated heterocycles. The molecule has 4 heterocycles. The third-order valence-electron chi connectivity index (χ3n) is 6.01. The van der Waals surface area contributed by atoms with Gasteiger partial charge in [-0.25, -0.2) is 9.97 Å². The maximum atomic E-state index is 12.8. The number of aliphatic hydroxyl groups is 1. The lowest BCUT2D eigenvalue weighted by molar-refractivity contribution is -0.137. The zero-order chi connectivity index (χ0) is 21.6. The van der Waals surface area contributed by atoms with Crippen molar-refractivity contribution in [2.75, 3.05) is 11.9 Å². The Kier molecular flexibility index (Phi) is 5.15. The van der Waals surface area contributed by atoms with Crippen molar-refractivity contribution >= 4 is 17.2 Å². The summed E-state index contributed by atoms with van der Waals surface area (Å²) in [6.07, 6.45) is 0.726. The number of pyridine rings is 2. The summed E-state index contributed by atoms with van der Waals surface area (Å²) in [6, 6.07) is 6.14. The Bertz CT molecular complexity index is 1040. The van der Waals surface area contributed by atoms with E-state index in [1.807, 2.05) is 22.4 Å². The summed E-state index contributed by atoms with van der Waals surface area (Å²) < 4.78 is 38.3. The van der Waals surface area contributed by atoms with Crippen LogP contribution < -0.4 is 5.32 Å². The molecular weight excluding hydrogens is 427 g/mol. The van der Waals surface area contributed by atoms with E-state index < -0.39 is 18.0 Å². The number of nitrogens with one attached hydrogen (secondary N) is 1. The average Bonchev–Trinajstić information content (AvgIpc) is 3.50. The van der Waals surface area contributed by atoms with Crippen molar-refractivity contribution in [3.05, 3.63) is 59.5 Å². The fourth-order valence-corrected chi connectivity index (χ4v) is 5.33. The van der Waals surface area contributed by atoms with Crippen LogP contribution in [-0.4, -0.2) is 43.6 Å². The summed E-state index contributed by atoms with van der Waals surface area (Å²) in [7, 11) is 0. The highest BCUT2D eigenvalue weighted by molar-refractivity contribution is 7.13. The first kappa shape index (κ1) is 20.3. The van der Waals surface area contributed by atoms with Gasteiger partial charge in [0.1, 0.15) is 10.8 Å². The molecule has 5 rings (SSSR count). The van der Waals surface area contributed by atoms with E-state index in [0.717, 1.165) is 42.2 Å². The summed E-state index contributed by atoms with van der Waals surface area (Å²) >= 11 is 1.49. The first-order chi connectivity index (χ1) is 14.9. The molecule has 3 aromatic rings. The second-order valence-electron chi connectivity index (χ2n) is 7.93. The minimum absolute atomic E-state index is 0.00957. The first-order valence-electron chi connectivity index (χ1n) is 9.98. The van der Waals surface area contributed by atoms with Gasteiger partial charge in [0.2, 0.25) is 0 Å². The minimum Gasteiger partial charge on any atom is -0.372 e. The molecule has 1 aliphatic heterocycles. The Morgan fingerprint density at radius 3 is 2.68 bits per heavy atom. The molecule has 1 saturated carbocycles. The molecule has 4 atom stereocenters. The van der Waals surface area contributed by atoms with E-state index >= 15 is 0 Å². The third-order valence-corrected chi connectivity index (χ3v) is 6.81. The number of anilines is 1. The summed E-state index contributed by atoms with van der Waals surface area (Å²) in [5.74, 6) is 0.805. The predicted octanol–water partition coefficient (Wildman–Crippen LogP) is 4.18. The molecule has 2 aliphatic rings. The van der Waals surface area contributed by atoms with Gasteiger partial charge < -0.3 is 10.4 Å². The summed E-state index contributed by atoms with van der Waals surface area (Å²) in [4.78, 5) is 14.7. The van der Waals surface area contributed by atoms with Crippen LogP contribution in [0.5, 0.6) is 0 Å². The predicted molar refractivity (Wildman–Crippen MR) is 110 cm³/mol. The van der Waals surface area contributed by atoms with Crippen LogP contribution in [0.25, 0.3) is 10.6 Å². The summed E-state index contributed by atoms with van der Waals surface area (Å²) in [6.45, 7) is 0.748. The molecule has 0 spiro atoms. The Morgan fingerprint density at radius 2 is 2.00 bits per heavy atom. The van der Waals surface area contributed by atoms with Gasteiger partial charge in [0.15, 0.2) is 6.23 Å². The maximum Gasteiger partial charge on any atom is 0.417 e. The van der Waals surface area contributed by atoms with Crippen LogP contribution >= 0.6 is 11.3 Å². The Hall–Kier alpha value is -2.56. The molecular formula is C21H20F3N5OS. The van der Waals surface area contributed by atoms with Crippen molar-refractivity contribution in [3.63, 3.8) is 0 Å². The molecule has 2 fully saturated rings. The van der Waals surface area contributed by atoms with Gasteiger partial charge in [-0.3, -0.25) is 9.88 Å². The number of likely N-dealkylation sites (tertiary alicyclic amines) is 1. The van der Waals surface area contributed by atoms with Crippen molar-refractivity contribution in [3.8, 4) is 10.6 Å². The van der Waals surface area contributed by atoms with Gasteiger partial charge in [-0.2, -0.15) is 13.2 Å². The number of hydrogen-bond acceptors (Lipinski definition) is 7. The largest absolute Gasteiger partial charge is 0.417 e. The van der Waals surface area contributed by atoms with Gasteiger partial charge >= 0.3 is 6.18 Å². The number of hydrogen-bond donors (Lipinski definition) is 2. The van der Waals surface area contributed by atoms with Gasteiger partial charge in [-0.1, -0.05) is 0 Å². The lowest BCUT2D eigenvalue weighted by atomic mass is 10.0. The number of fused-ring (bicyclic) bond motifs is 2. The zero-order valence-electron chi connectivity index (χ0n) is 16.3. The molecule has 0 aromatic carbocycles. The molecule has 2 N–H and O–H groups in total. The van der Waals surface area contributed by atoms with E-state index in [0.29, 0.717) is 17.4 Å². The molecule has 162 valence electrons. The van der Waals surface area contributed by atoms with Gasteiger partial charge in [-0.05, 0) is 43.0 Å². The average molecular weight is 447 g/mol. The maximum absolute atomic E-state index is 12.8. The molecule has 10 heteroatoms. The topological polar surface area (TPSA) is 74.2 Å². The summed E-state index contributed by atoms with van der Waals surface area (Å²) in [5.41, 5.74) is 0.603. The third kappa shape index (κ3) is 3.90. The van der Waals surface area contributed by atoms with E-state index in [1.54, 1.807) is 12.4 Å². The molecule has 1 aliphatic carbocycles. The Morgan fingerprint density at radius 1 is 1.13 bits per heavy atom. The normalized spacial score (nSPS) is 24.5. The van der Waals surface area contributed by atoms with Crippen molar-refractivity contribution in [2.45, 2.75) is 37.3 Å². The lowest BCUT2D eigenvalue weighted by Crippen LogP contribution is -2.46. The van der Waals surface area contributed by atoms with E-state index in [9.17, 15) is 18.3 Å². The molecule has 3 aromatic heterocycles. The van der Waals surface area contributed by atoms with Crippen LogP contribution in [-0.2, 0) is 6.18 Å². The van der Waals surface area contributed by atoms with Gasteiger partial charge in [0, 0.05) is 48.2 Å². The minimum atomic E-state index is -4.41. The monoisotopic (exact) mass is 447 g/mol. The molecule has 0 radical (unpaired) electrons. The molecule has 31 heavy (non-hydrogen) atoms. The summed E-state index contributed by atoms with van der Waals surface area (Å²) in [5, 5.41) is 17.2. The fraction of sp³-hybridized carbons (Fsp3) is 0.381. The number of piperidine rings is 1. The molecule has 4 unspecified atom stereocenters. The van der Waals surface area contributed by atoms with Crippen molar-refractivity contribution in [1.29, 1.82) is 0 Å². The Labute approximate surface area is 180 Å². The molecule has 2 bridgehead atoms. The van der Waals surface area contributed by atoms with E-state index in [4.69, 9.17) is 0 Å². The van der Waals surface area contributed by atoms with Crippen molar-refractivity contribution in [2.24, 2.45) is 5.92 Å². The van der Waals surface area contributed by atoms with E-state index in [2.05, 4.69) is 20.3 Å². The highest BCUT2D eigenvalue weighted by Crippen LogP contribution is 2.43. The van der Waals surface area contributed by atoms with Gasteiger partial charge in [-0.15, -0.1) is 11.3 Å². The van der Waals surface area contributed by atoms with E-state index in [1.165, 1.54) is 17.4 Å². The van der Waals surface area contributed by atoms with Crippen LogP contribution in [0.15, 0.2) is 48.2 Å². The zero-order valence-corrected chi connectivity index (χ0v) is 17.1. The number of aliphatic hydroxyl groups excluding tert-OH is 1. The Balaban J connectivity index is 1.34. The highest BCUT2D eigenvalue weighted by atomic mass is 32.1. The number of aromatic nitrogens is 3. The fourth-order valence-electron chi connectivity index (χ4n) is 4.66. The van der Waals surface area contributed by atoms with Gasteiger partial charge in [0.05, 0.1) is 11.3 Å². The second kappa shape index (κ2) is 7.85. The number of rotatable bonds is 5.